The number of para-hydroxylation sites is 1. The molecule has 4 nitrogen and oxygen atoms in total. The number of carbonyl (C=O) groups excluding carboxylic acids is 1. The van der Waals surface area contributed by atoms with E-state index < -0.39 is 12.1 Å². The Balaban J connectivity index is 2.14. The van der Waals surface area contributed by atoms with E-state index in [1.54, 1.807) is 31.2 Å². The van der Waals surface area contributed by atoms with E-state index >= 15 is 0 Å². The second-order valence-electron chi connectivity index (χ2n) is 6.42. The Bertz CT molecular complexity index is 856. The van der Waals surface area contributed by atoms with Gasteiger partial charge in [0, 0.05) is 12.0 Å². The minimum atomic E-state index is -0.993. The normalized spacial score (nSPS) is 12.3. The number of benzene rings is 2. The minimum Gasteiger partial charge on any atom is -0.457 e. The van der Waals surface area contributed by atoms with Crippen molar-refractivity contribution in [3.05, 3.63) is 60.2 Å². The summed E-state index contributed by atoms with van der Waals surface area (Å²) in [5.41, 5.74) is 0.573. The van der Waals surface area contributed by atoms with Crippen LogP contribution in [0.3, 0.4) is 0 Å². The van der Waals surface area contributed by atoms with Crippen LogP contribution in [-0.2, 0) is 9.53 Å². The molecule has 0 aromatic heterocycles. The summed E-state index contributed by atoms with van der Waals surface area (Å²) in [4.78, 5) is 12.5. The second kappa shape index (κ2) is 10.0. The van der Waals surface area contributed by atoms with Gasteiger partial charge in [-0.2, -0.15) is 5.26 Å². The summed E-state index contributed by atoms with van der Waals surface area (Å²) in [7, 11) is 0. The van der Waals surface area contributed by atoms with Gasteiger partial charge in [-0.05, 0) is 37.1 Å². The number of nitriles is 1. The van der Waals surface area contributed by atoms with Crippen LogP contribution >= 0.6 is 0 Å². The minimum absolute atomic E-state index is 0.0745. The molecule has 2 aromatic carbocycles. The van der Waals surface area contributed by atoms with Crippen LogP contribution < -0.4 is 4.74 Å². The summed E-state index contributed by atoms with van der Waals surface area (Å²) in [6, 6.07) is 18.4. The summed E-state index contributed by atoms with van der Waals surface area (Å²) < 4.78 is 11.3. The topological polar surface area (TPSA) is 59.3 Å². The smallest absolute Gasteiger partial charge is 0.311 e. The summed E-state index contributed by atoms with van der Waals surface area (Å²) in [6.45, 7) is 5.62. The molecule has 2 unspecified atom stereocenters. The molecule has 2 atom stereocenters. The van der Waals surface area contributed by atoms with Crippen LogP contribution in [0.15, 0.2) is 54.6 Å². The standard InChI is InChI=1S/C23H23NO3/c1-4-5-14-21(17(2)3)23(25)27-22(16-24)18-10-9-13-20(15-18)26-19-11-7-6-8-12-19/h6-13,15,17,21-22H,14H2,1-3H3. The van der Waals surface area contributed by atoms with Gasteiger partial charge in [0.1, 0.15) is 17.6 Å². The number of hydrogen-bond donors (Lipinski definition) is 0. The molecule has 0 heterocycles. The predicted molar refractivity (Wildman–Crippen MR) is 104 cm³/mol. The largest absolute Gasteiger partial charge is 0.457 e. The van der Waals surface area contributed by atoms with Crippen molar-refractivity contribution in [1.82, 2.24) is 0 Å². The summed E-state index contributed by atoms with van der Waals surface area (Å²) >= 11 is 0. The average molecular weight is 361 g/mol. The van der Waals surface area contributed by atoms with Gasteiger partial charge < -0.3 is 9.47 Å². The summed E-state index contributed by atoms with van der Waals surface area (Å²) in [5.74, 6) is 6.29. The molecule has 4 heteroatoms. The Morgan fingerprint density at radius 2 is 1.78 bits per heavy atom. The maximum Gasteiger partial charge on any atom is 0.311 e. The van der Waals surface area contributed by atoms with Crippen molar-refractivity contribution >= 4 is 5.97 Å². The molecule has 0 amide bonds. The number of ether oxygens (including phenoxy) is 2. The molecule has 2 rings (SSSR count). The van der Waals surface area contributed by atoms with Crippen LogP contribution in [0.4, 0.5) is 0 Å². The molecule has 0 aliphatic carbocycles. The van der Waals surface area contributed by atoms with Crippen molar-refractivity contribution < 1.29 is 14.3 Å². The number of esters is 1. The summed E-state index contributed by atoms with van der Waals surface area (Å²) in [5, 5.41) is 9.51. The van der Waals surface area contributed by atoms with E-state index in [-0.39, 0.29) is 11.8 Å². The van der Waals surface area contributed by atoms with Crippen molar-refractivity contribution in [2.75, 3.05) is 0 Å². The van der Waals surface area contributed by atoms with Gasteiger partial charge >= 0.3 is 5.97 Å². The Labute approximate surface area is 160 Å². The Morgan fingerprint density at radius 1 is 1.07 bits per heavy atom. The molecular formula is C23H23NO3. The quantitative estimate of drug-likeness (QED) is 0.498. The zero-order chi connectivity index (χ0) is 19.6. The molecule has 2 aromatic rings. The Hall–Kier alpha value is -3.24. The van der Waals surface area contributed by atoms with Gasteiger partial charge in [0.05, 0.1) is 5.92 Å². The third kappa shape index (κ3) is 5.90. The molecule has 0 saturated carbocycles. The van der Waals surface area contributed by atoms with Crippen molar-refractivity contribution in [3.8, 4) is 29.4 Å². The fraction of sp³-hybridized carbons (Fsp3) is 0.304. The highest BCUT2D eigenvalue weighted by atomic mass is 16.5. The lowest BCUT2D eigenvalue weighted by molar-refractivity contribution is -0.153. The van der Waals surface area contributed by atoms with Crippen molar-refractivity contribution in [1.29, 1.82) is 5.26 Å². The first kappa shape index (κ1) is 20.1. The average Bonchev–Trinajstić information content (AvgIpc) is 2.67. The maximum atomic E-state index is 12.5. The number of rotatable bonds is 7. The van der Waals surface area contributed by atoms with E-state index in [1.165, 1.54) is 0 Å². The summed E-state index contributed by atoms with van der Waals surface area (Å²) in [6.07, 6.45) is -0.574. The predicted octanol–water partition coefficient (Wildman–Crippen LogP) is 5.27. The van der Waals surface area contributed by atoms with E-state index in [2.05, 4.69) is 17.9 Å². The molecule has 27 heavy (non-hydrogen) atoms. The Morgan fingerprint density at radius 3 is 2.41 bits per heavy atom. The first-order valence-corrected chi connectivity index (χ1v) is 8.87. The van der Waals surface area contributed by atoms with Gasteiger partial charge in [0.2, 0.25) is 6.10 Å². The van der Waals surface area contributed by atoms with Crippen LogP contribution in [0, 0.1) is 35.0 Å². The second-order valence-corrected chi connectivity index (χ2v) is 6.42. The van der Waals surface area contributed by atoms with Crippen LogP contribution in [0.2, 0.25) is 0 Å². The zero-order valence-corrected chi connectivity index (χ0v) is 15.8. The molecule has 0 fully saturated rings. The first-order valence-electron chi connectivity index (χ1n) is 8.87. The lowest BCUT2D eigenvalue weighted by Gasteiger charge is -2.20. The zero-order valence-electron chi connectivity index (χ0n) is 15.8. The number of carbonyl (C=O) groups is 1. The van der Waals surface area contributed by atoms with Crippen molar-refractivity contribution in [2.24, 2.45) is 11.8 Å². The first-order chi connectivity index (χ1) is 13.0. The van der Waals surface area contributed by atoms with Gasteiger partial charge in [-0.15, -0.1) is 11.8 Å². The van der Waals surface area contributed by atoms with Gasteiger partial charge in [-0.3, -0.25) is 4.79 Å². The SMILES string of the molecule is CC#CCC(C(=O)OC(C#N)c1cccc(Oc2ccccc2)c1)C(C)C. The molecule has 0 aliphatic rings. The third-order valence-corrected chi connectivity index (χ3v) is 4.10. The fourth-order valence-electron chi connectivity index (χ4n) is 2.54. The van der Waals surface area contributed by atoms with Crippen LogP contribution in [0.1, 0.15) is 38.9 Å². The van der Waals surface area contributed by atoms with E-state index in [4.69, 9.17) is 9.47 Å². The number of nitrogens with zero attached hydrogens (tertiary/aromatic N) is 1. The van der Waals surface area contributed by atoms with E-state index in [0.29, 0.717) is 23.5 Å². The molecule has 0 bridgehead atoms. The van der Waals surface area contributed by atoms with Gasteiger partial charge in [-0.25, -0.2) is 0 Å². The van der Waals surface area contributed by atoms with Gasteiger partial charge in [0.15, 0.2) is 0 Å². The van der Waals surface area contributed by atoms with Gasteiger partial charge in [-0.1, -0.05) is 44.2 Å². The molecule has 0 radical (unpaired) electrons. The number of hydrogen-bond acceptors (Lipinski definition) is 4. The molecule has 138 valence electrons. The maximum absolute atomic E-state index is 12.5. The molecule has 0 saturated heterocycles. The van der Waals surface area contributed by atoms with Crippen molar-refractivity contribution in [3.63, 3.8) is 0 Å². The highest BCUT2D eigenvalue weighted by Crippen LogP contribution is 2.27. The van der Waals surface area contributed by atoms with E-state index in [9.17, 15) is 10.1 Å². The van der Waals surface area contributed by atoms with Crippen molar-refractivity contribution in [2.45, 2.75) is 33.3 Å². The highest BCUT2D eigenvalue weighted by Gasteiger charge is 2.26. The fourth-order valence-corrected chi connectivity index (χ4v) is 2.54. The third-order valence-electron chi connectivity index (χ3n) is 4.10. The Kier molecular flexibility index (Phi) is 7.47. The van der Waals surface area contributed by atoms with E-state index in [0.717, 1.165) is 0 Å². The van der Waals surface area contributed by atoms with Gasteiger partial charge in [0.25, 0.3) is 0 Å². The van der Waals surface area contributed by atoms with Crippen LogP contribution in [0.5, 0.6) is 11.5 Å². The van der Waals surface area contributed by atoms with E-state index in [1.807, 2.05) is 44.2 Å². The highest BCUT2D eigenvalue weighted by molar-refractivity contribution is 5.73. The molecule has 0 aliphatic heterocycles. The molecule has 0 N–H and O–H groups in total. The van der Waals surface area contributed by atoms with Crippen LogP contribution in [-0.4, -0.2) is 5.97 Å². The molecule has 0 spiro atoms. The van der Waals surface area contributed by atoms with Crippen LogP contribution in [0.25, 0.3) is 0 Å². The monoisotopic (exact) mass is 361 g/mol. The molecular weight excluding hydrogens is 338 g/mol. The lowest BCUT2D eigenvalue weighted by Crippen LogP contribution is -2.24. The lowest BCUT2D eigenvalue weighted by atomic mass is 9.93.